The summed E-state index contributed by atoms with van der Waals surface area (Å²) >= 11 is 0. The molecule has 2 nitrogen and oxygen atoms in total. The SMILES string of the molecule is C/C=C1/COCCC/C1=C/N(C)C. The molecule has 0 atom stereocenters. The Labute approximate surface area is 80.9 Å². The molecule has 1 saturated heterocycles. The largest absolute Gasteiger partial charge is 0.383 e. The van der Waals surface area contributed by atoms with Crippen LogP contribution in [0.25, 0.3) is 0 Å². The second-order valence-electron chi connectivity index (χ2n) is 3.59. The van der Waals surface area contributed by atoms with Crippen molar-refractivity contribution in [2.75, 3.05) is 27.3 Å². The zero-order valence-electron chi connectivity index (χ0n) is 8.84. The Morgan fingerprint density at radius 2 is 2.08 bits per heavy atom. The standard InChI is InChI=1S/C11H19NO/c1-4-10-9-13-7-5-6-11(10)8-12(2)3/h4,8H,5-7,9H2,1-3H3/b10-4-,11-8-. The Morgan fingerprint density at radius 3 is 2.69 bits per heavy atom. The van der Waals surface area contributed by atoms with Crippen molar-refractivity contribution < 1.29 is 4.74 Å². The molecule has 0 aromatic carbocycles. The summed E-state index contributed by atoms with van der Waals surface area (Å²) in [5.41, 5.74) is 2.76. The molecular weight excluding hydrogens is 162 g/mol. The van der Waals surface area contributed by atoms with E-state index in [0.29, 0.717) is 0 Å². The van der Waals surface area contributed by atoms with Crippen LogP contribution in [-0.2, 0) is 4.74 Å². The first-order valence-electron chi connectivity index (χ1n) is 4.84. The van der Waals surface area contributed by atoms with E-state index in [1.165, 1.54) is 11.1 Å². The number of hydrogen-bond donors (Lipinski definition) is 0. The first-order valence-corrected chi connectivity index (χ1v) is 4.84. The van der Waals surface area contributed by atoms with Crippen LogP contribution in [0, 0.1) is 0 Å². The summed E-state index contributed by atoms with van der Waals surface area (Å²) in [6.45, 7) is 3.74. The first-order chi connectivity index (χ1) is 6.24. The maximum absolute atomic E-state index is 5.48. The van der Waals surface area contributed by atoms with Crippen LogP contribution in [0.1, 0.15) is 19.8 Å². The molecule has 0 spiro atoms. The van der Waals surface area contributed by atoms with Crippen LogP contribution in [0.4, 0.5) is 0 Å². The van der Waals surface area contributed by atoms with E-state index in [0.717, 1.165) is 26.1 Å². The molecule has 1 rings (SSSR count). The predicted molar refractivity (Wildman–Crippen MR) is 55.6 cm³/mol. The highest BCUT2D eigenvalue weighted by Crippen LogP contribution is 2.20. The quantitative estimate of drug-likeness (QED) is 0.615. The van der Waals surface area contributed by atoms with Crippen molar-refractivity contribution in [3.05, 3.63) is 23.4 Å². The van der Waals surface area contributed by atoms with Gasteiger partial charge in [-0.1, -0.05) is 6.08 Å². The average Bonchev–Trinajstić information content (AvgIpc) is 2.28. The van der Waals surface area contributed by atoms with Gasteiger partial charge in [0.25, 0.3) is 0 Å². The Balaban J connectivity index is 2.77. The highest BCUT2D eigenvalue weighted by molar-refractivity contribution is 5.31. The van der Waals surface area contributed by atoms with Crippen molar-refractivity contribution in [3.8, 4) is 0 Å². The van der Waals surface area contributed by atoms with E-state index in [9.17, 15) is 0 Å². The van der Waals surface area contributed by atoms with Gasteiger partial charge in [0.1, 0.15) is 0 Å². The topological polar surface area (TPSA) is 12.5 Å². The molecule has 0 amide bonds. The zero-order valence-corrected chi connectivity index (χ0v) is 8.84. The molecule has 1 heterocycles. The van der Waals surface area contributed by atoms with Crippen LogP contribution in [-0.4, -0.2) is 32.2 Å². The van der Waals surface area contributed by atoms with E-state index >= 15 is 0 Å². The van der Waals surface area contributed by atoms with Gasteiger partial charge in [-0.25, -0.2) is 0 Å². The Kier molecular flexibility index (Phi) is 4.03. The van der Waals surface area contributed by atoms with E-state index < -0.39 is 0 Å². The van der Waals surface area contributed by atoms with Crippen molar-refractivity contribution in [2.24, 2.45) is 0 Å². The minimum atomic E-state index is 0.774. The van der Waals surface area contributed by atoms with Crippen molar-refractivity contribution in [1.29, 1.82) is 0 Å². The Bertz CT molecular complexity index is 216. The monoisotopic (exact) mass is 181 g/mol. The number of rotatable bonds is 1. The van der Waals surface area contributed by atoms with Gasteiger partial charge >= 0.3 is 0 Å². The van der Waals surface area contributed by atoms with Crippen molar-refractivity contribution >= 4 is 0 Å². The molecule has 1 fully saturated rings. The maximum Gasteiger partial charge on any atom is 0.0716 e. The maximum atomic E-state index is 5.48. The molecule has 0 saturated carbocycles. The number of nitrogens with zero attached hydrogens (tertiary/aromatic N) is 1. The van der Waals surface area contributed by atoms with Gasteiger partial charge in [0.2, 0.25) is 0 Å². The Morgan fingerprint density at radius 1 is 1.31 bits per heavy atom. The van der Waals surface area contributed by atoms with Gasteiger partial charge < -0.3 is 9.64 Å². The fourth-order valence-electron chi connectivity index (χ4n) is 1.53. The van der Waals surface area contributed by atoms with Gasteiger partial charge in [0.15, 0.2) is 0 Å². The van der Waals surface area contributed by atoms with E-state index in [-0.39, 0.29) is 0 Å². The van der Waals surface area contributed by atoms with Crippen LogP contribution in [0.5, 0.6) is 0 Å². The van der Waals surface area contributed by atoms with Crippen LogP contribution in [0.15, 0.2) is 23.4 Å². The summed E-state index contributed by atoms with van der Waals surface area (Å²) in [5, 5.41) is 0. The third-order valence-corrected chi connectivity index (χ3v) is 2.17. The van der Waals surface area contributed by atoms with Crippen LogP contribution in [0.3, 0.4) is 0 Å². The van der Waals surface area contributed by atoms with E-state index in [1.807, 2.05) is 0 Å². The van der Waals surface area contributed by atoms with Crippen molar-refractivity contribution in [3.63, 3.8) is 0 Å². The third kappa shape index (κ3) is 3.23. The molecule has 2 heteroatoms. The summed E-state index contributed by atoms with van der Waals surface area (Å²) in [5.74, 6) is 0. The lowest BCUT2D eigenvalue weighted by atomic mass is 10.0. The summed E-state index contributed by atoms with van der Waals surface area (Å²) in [6.07, 6.45) is 6.62. The highest BCUT2D eigenvalue weighted by Gasteiger charge is 2.09. The van der Waals surface area contributed by atoms with Crippen molar-refractivity contribution in [2.45, 2.75) is 19.8 Å². The van der Waals surface area contributed by atoms with Gasteiger partial charge in [0, 0.05) is 26.9 Å². The third-order valence-electron chi connectivity index (χ3n) is 2.17. The molecule has 0 aliphatic carbocycles. The molecular formula is C11H19NO. The van der Waals surface area contributed by atoms with Gasteiger partial charge in [-0.15, -0.1) is 0 Å². The fraction of sp³-hybridized carbons (Fsp3) is 0.636. The fourth-order valence-corrected chi connectivity index (χ4v) is 1.53. The number of ether oxygens (including phenoxy) is 1. The summed E-state index contributed by atoms with van der Waals surface area (Å²) in [7, 11) is 4.12. The molecule has 13 heavy (non-hydrogen) atoms. The molecule has 0 aromatic rings. The lowest BCUT2D eigenvalue weighted by Gasteiger charge is -2.11. The summed E-state index contributed by atoms with van der Waals surface area (Å²) < 4.78 is 5.48. The van der Waals surface area contributed by atoms with E-state index in [1.54, 1.807) is 0 Å². The lowest BCUT2D eigenvalue weighted by molar-refractivity contribution is 0.162. The summed E-state index contributed by atoms with van der Waals surface area (Å²) in [4.78, 5) is 2.10. The van der Waals surface area contributed by atoms with Crippen LogP contribution >= 0.6 is 0 Å². The first kappa shape index (κ1) is 10.3. The lowest BCUT2D eigenvalue weighted by Crippen LogP contribution is -2.05. The highest BCUT2D eigenvalue weighted by atomic mass is 16.5. The van der Waals surface area contributed by atoms with E-state index in [2.05, 4.69) is 38.2 Å². The van der Waals surface area contributed by atoms with E-state index in [4.69, 9.17) is 4.74 Å². The molecule has 1 aliphatic rings. The second-order valence-corrected chi connectivity index (χ2v) is 3.59. The Hall–Kier alpha value is -0.760. The van der Waals surface area contributed by atoms with Gasteiger partial charge in [-0.2, -0.15) is 0 Å². The second kappa shape index (κ2) is 5.07. The molecule has 0 radical (unpaired) electrons. The van der Waals surface area contributed by atoms with Crippen LogP contribution < -0.4 is 0 Å². The van der Waals surface area contributed by atoms with Crippen molar-refractivity contribution in [1.82, 2.24) is 4.90 Å². The van der Waals surface area contributed by atoms with Gasteiger partial charge in [-0.3, -0.25) is 0 Å². The predicted octanol–water partition coefficient (Wildman–Crippen LogP) is 2.19. The molecule has 74 valence electrons. The molecule has 0 N–H and O–H groups in total. The van der Waals surface area contributed by atoms with Gasteiger partial charge in [0.05, 0.1) is 6.61 Å². The molecule has 0 bridgehead atoms. The number of hydrogen-bond acceptors (Lipinski definition) is 2. The molecule has 0 unspecified atom stereocenters. The van der Waals surface area contributed by atoms with Crippen LogP contribution in [0.2, 0.25) is 0 Å². The molecule has 0 aromatic heterocycles. The average molecular weight is 181 g/mol. The minimum absolute atomic E-state index is 0.774. The zero-order chi connectivity index (χ0) is 9.68. The number of allylic oxidation sites excluding steroid dienone is 1. The summed E-state index contributed by atoms with van der Waals surface area (Å²) in [6, 6.07) is 0. The van der Waals surface area contributed by atoms with Gasteiger partial charge in [-0.05, 0) is 30.9 Å². The molecule has 1 aliphatic heterocycles. The minimum Gasteiger partial charge on any atom is -0.383 e. The normalized spacial score (nSPS) is 24.8. The smallest absolute Gasteiger partial charge is 0.0716 e.